The average molecular weight is 411 g/mol. The number of aldehydes is 1. The fraction of sp³-hybridized carbons (Fsp3) is 0.158. The van der Waals surface area contributed by atoms with Crippen molar-refractivity contribution >= 4 is 41.0 Å². The molecule has 2 amide bonds. The first-order valence-corrected chi connectivity index (χ1v) is 8.72. The summed E-state index contributed by atoms with van der Waals surface area (Å²) in [5.74, 6) is -0.351. The molecule has 0 saturated heterocycles. The van der Waals surface area contributed by atoms with Crippen LogP contribution in [0.4, 0.5) is 17.1 Å². The second-order valence-corrected chi connectivity index (χ2v) is 6.19. The molecule has 30 heavy (non-hydrogen) atoms. The summed E-state index contributed by atoms with van der Waals surface area (Å²) in [6, 6.07) is 8.76. The molecule has 0 bridgehead atoms. The van der Waals surface area contributed by atoms with E-state index in [4.69, 9.17) is 4.74 Å². The Hall–Kier alpha value is -4.28. The van der Waals surface area contributed by atoms with Crippen molar-refractivity contribution in [3.05, 3.63) is 57.6 Å². The number of amides is 2. The van der Waals surface area contributed by atoms with E-state index in [2.05, 4.69) is 20.9 Å². The Morgan fingerprint density at radius 3 is 2.83 bits per heavy atom. The van der Waals surface area contributed by atoms with Crippen molar-refractivity contribution in [2.45, 2.75) is 6.54 Å². The van der Waals surface area contributed by atoms with Gasteiger partial charge in [0.25, 0.3) is 17.5 Å². The molecular formula is C19H17N5O6. The van der Waals surface area contributed by atoms with E-state index in [0.29, 0.717) is 23.3 Å². The Morgan fingerprint density at radius 2 is 2.13 bits per heavy atom. The van der Waals surface area contributed by atoms with E-state index in [9.17, 15) is 24.5 Å². The van der Waals surface area contributed by atoms with Gasteiger partial charge < -0.3 is 20.7 Å². The quantitative estimate of drug-likeness (QED) is 0.222. The highest BCUT2D eigenvalue weighted by Crippen LogP contribution is 2.28. The third-order valence-electron chi connectivity index (χ3n) is 4.19. The number of carbonyl (C=O) groups is 3. The van der Waals surface area contributed by atoms with Crippen molar-refractivity contribution in [1.29, 1.82) is 0 Å². The van der Waals surface area contributed by atoms with Gasteiger partial charge in [-0.25, -0.2) is 0 Å². The molecule has 1 heterocycles. The van der Waals surface area contributed by atoms with Crippen LogP contribution in [0.3, 0.4) is 0 Å². The normalized spacial score (nSPS) is 12.8. The van der Waals surface area contributed by atoms with Gasteiger partial charge in [0.05, 0.1) is 16.3 Å². The van der Waals surface area contributed by atoms with Crippen LogP contribution in [0.2, 0.25) is 0 Å². The zero-order valence-corrected chi connectivity index (χ0v) is 15.8. The van der Waals surface area contributed by atoms with Crippen molar-refractivity contribution in [2.75, 3.05) is 24.3 Å². The Morgan fingerprint density at radius 1 is 1.33 bits per heavy atom. The van der Waals surface area contributed by atoms with Crippen LogP contribution >= 0.6 is 0 Å². The molecule has 2 aromatic carbocycles. The molecule has 0 fully saturated rings. The molecule has 3 N–H and O–H groups in total. The molecule has 0 radical (unpaired) electrons. The first-order valence-electron chi connectivity index (χ1n) is 8.72. The predicted molar refractivity (Wildman–Crippen MR) is 108 cm³/mol. The summed E-state index contributed by atoms with van der Waals surface area (Å²) in [5, 5.41) is 18.9. The molecule has 3 rings (SSSR count). The number of anilines is 2. The van der Waals surface area contributed by atoms with Crippen LogP contribution in [0.25, 0.3) is 0 Å². The van der Waals surface area contributed by atoms with Crippen LogP contribution in [0.15, 0.2) is 41.4 Å². The number of non-ortho nitro benzene ring substituents is 1. The fourth-order valence-corrected chi connectivity index (χ4v) is 2.72. The lowest BCUT2D eigenvalue weighted by Gasteiger charge is -2.18. The number of hydrogen-bond donors (Lipinski definition) is 3. The topological polar surface area (TPSA) is 152 Å². The van der Waals surface area contributed by atoms with Crippen LogP contribution in [-0.2, 0) is 16.1 Å². The molecule has 1 aliphatic heterocycles. The smallest absolute Gasteiger partial charge is 0.286 e. The first kappa shape index (κ1) is 20.5. The van der Waals surface area contributed by atoms with E-state index in [1.807, 2.05) is 0 Å². The third kappa shape index (κ3) is 4.58. The average Bonchev–Trinajstić information content (AvgIpc) is 2.75. The molecule has 0 saturated carbocycles. The number of amidine groups is 1. The van der Waals surface area contributed by atoms with Gasteiger partial charge in [-0.2, -0.15) is 0 Å². The summed E-state index contributed by atoms with van der Waals surface area (Å²) in [5.41, 5.74) is 1.21. The number of hydrogen-bond acceptors (Lipinski definition) is 7. The molecule has 0 spiro atoms. The maximum absolute atomic E-state index is 12.5. The van der Waals surface area contributed by atoms with E-state index >= 15 is 0 Å². The largest absolute Gasteiger partial charge is 0.482 e. The van der Waals surface area contributed by atoms with Crippen molar-refractivity contribution in [3.63, 3.8) is 0 Å². The summed E-state index contributed by atoms with van der Waals surface area (Å²) >= 11 is 0. The summed E-state index contributed by atoms with van der Waals surface area (Å²) in [6.45, 7) is 0.0972. The summed E-state index contributed by atoms with van der Waals surface area (Å²) in [7, 11) is 1.39. The number of nitro benzene ring substituents is 1. The molecule has 0 aromatic heterocycles. The van der Waals surface area contributed by atoms with Crippen LogP contribution in [-0.4, -0.2) is 42.5 Å². The van der Waals surface area contributed by atoms with Gasteiger partial charge in [-0.1, -0.05) is 6.07 Å². The Bertz CT molecular complexity index is 1070. The molecule has 154 valence electrons. The van der Waals surface area contributed by atoms with E-state index in [-0.39, 0.29) is 41.8 Å². The molecule has 2 aromatic rings. The van der Waals surface area contributed by atoms with Gasteiger partial charge in [0, 0.05) is 31.3 Å². The highest BCUT2D eigenvalue weighted by atomic mass is 16.6. The van der Waals surface area contributed by atoms with Gasteiger partial charge in [0.1, 0.15) is 5.75 Å². The third-order valence-corrected chi connectivity index (χ3v) is 4.19. The number of carbonyl (C=O) groups excluding carboxylic acids is 3. The number of benzene rings is 2. The Labute approximate surface area is 170 Å². The second kappa shape index (κ2) is 8.82. The van der Waals surface area contributed by atoms with Gasteiger partial charge in [-0.15, -0.1) is 0 Å². The maximum atomic E-state index is 12.5. The van der Waals surface area contributed by atoms with Crippen molar-refractivity contribution in [3.8, 4) is 5.75 Å². The van der Waals surface area contributed by atoms with Crippen LogP contribution in [0, 0.1) is 10.1 Å². The molecule has 11 nitrogen and oxygen atoms in total. The summed E-state index contributed by atoms with van der Waals surface area (Å²) in [6.07, 6.45) is 0.448. The highest BCUT2D eigenvalue weighted by Gasteiger charge is 2.18. The van der Waals surface area contributed by atoms with E-state index in [1.54, 1.807) is 18.2 Å². The monoisotopic (exact) mass is 411 g/mol. The van der Waals surface area contributed by atoms with E-state index < -0.39 is 10.8 Å². The van der Waals surface area contributed by atoms with E-state index in [1.165, 1.54) is 19.2 Å². The number of ether oxygens (including phenoxy) is 1. The van der Waals surface area contributed by atoms with Gasteiger partial charge in [0.15, 0.2) is 18.7 Å². The number of nitrogens with zero attached hydrogens (tertiary/aromatic N) is 2. The number of nitro groups is 1. The molecular weight excluding hydrogens is 394 g/mol. The lowest BCUT2D eigenvalue weighted by Crippen LogP contribution is -2.35. The fourth-order valence-electron chi connectivity index (χ4n) is 2.72. The first-order chi connectivity index (χ1) is 14.4. The summed E-state index contributed by atoms with van der Waals surface area (Å²) < 4.78 is 5.28. The number of fused-ring (bicyclic) bond motifs is 1. The molecule has 11 heteroatoms. The predicted octanol–water partition coefficient (Wildman–Crippen LogP) is 1.49. The number of rotatable bonds is 5. The Kier molecular flexibility index (Phi) is 6.01. The van der Waals surface area contributed by atoms with Gasteiger partial charge in [0.2, 0.25) is 0 Å². The maximum Gasteiger partial charge on any atom is 0.286 e. The molecule has 0 atom stereocenters. The Balaban J connectivity index is 1.67. The SMILES string of the molecule is CN=C(Nc1ccc([N+](=O)[O-])cc1C=O)C(=O)NCc1ccc2c(c1)NC(=O)CO2. The van der Waals surface area contributed by atoms with Gasteiger partial charge in [-0.3, -0.25) is 29.5 Å². The van der Waals surface area contributed by atoms with Crippen LogP contribution in [0.1, 0.15) is 15.9 Å². The van der Waals surface area contributed by atoms with Crippen LogP contribution < -0.4 is 20.7 Å². The standard InChI is InChI=1S/C19H17N5O6/c1-20-18(23-14-4-3-13(24(28)29)7-12(14)9-25)19(27)21-8-11-2-5-16-15(6-11)22-17(26)10-30-16/h2-7,9H,8,10H2,1H3,(H,20,23)(H,21,27)(H,22,26). The van der Waals surface area contributed by atoms with Gasteiger partial charge in [-0.05, 0) is 23.8 Å². The zero-order valence-electron chi connectivity index (χ0n) is 15.8. The van der Waals surface area contributed by atoms with Crippen molar-refractivity contribution in [2.24, 2.45) is 4.99 Å². The molecule has 1 aliphatic rings. The van der Waals surface area contributed by atoms with Gasteiger partial charge >= 0.3 is 0 Å². The number of aliphatic imine (C=N–C) groups is 1. The summed E-state index contributed by atoms with van der Waals surface area (Å²) in [4.78, 5) is 49.2. The lowest BCUT2D eigenvalue weighted by atomic mass is 10.1. The second-order valence-electron chi connectivity index (χ2n) is 6.19. The lowest BCUT2D eigenvalue weighted by molar-refractivity contribution is -0.384. The minimum absolute atomic E-state index is 0.0172. The highest BCUT2D eigenvalue weighted by molar-refractivity contribution is 6.42. The molecule has 0 aliphatic carbocycles. The molecule has 0 unspecified atom stereocenters. The van der Waals surface area contributed by atoms with Crippen LogP contribution in [0.5, 0.6) is 5.75 Å². The minimum atomic E-state index is -0.621. The van der Waals surface area contributed by atoms with E-state index in [0.717, 1.165) is 6.07 Å². The number of nitrogens with one attached hydrogen (secondary N) is 3. The van der Waals surface area contributed by atoms with Crippen molar-refractivity contribution in [1.82, 2.24) is 5.32 Å². The minimum Gasteiger partial charge on any atom is -0.482 e. The van der Waals surface area contributed by atoms with Crippen molar-refractivity contribution < 1.29 is 24.0 Å². The zero-order chi connectivity index (χ0) is 21.7.